The van der Waals surface area contributed by atoms with Gasteiger partial charge in [0.05, 0.1) is 0 Å². The Kier molecular flexibility index (Phi) is 4.89. The largest absolute Gasteiger partial charge is 0.315 e. The summed E-state index contributed by atoms with van der Waals surface area (Å²) in [6.07, 6.45) is 7.14. The van der Waals surface area contributed by atoms with Crippen LogP contribution in [0.25, 0.3) is 0 Å². The van der Waals surface area contributed by atoms with Gasteiger partial charge < -0.3 is 5.32 Å². The van der Waals surface area contributed by atoms with Gasteiger partial charge in [-0.2, -0.15) is 11.8 Å². The van der Waals surface area contributed by atoms with Crippen molar-refractivity contribution in [1.29, 1.82) is 0 Å². The first kappa shape index (κ1) is 11.1. The van der Waals surface area contributed by atoms with E-state index in [1.165, 1.54) is 31.6 Å². The van der Waals surface area contributed by atoms with Crippen molar-refractivity contribution in [3.05, 3.63) is 12.7 Å². The van der Waals surface area contributed by atoms with E-state index in [0.29, 0.717) is 4.75 Å². The molecule has 0 amide bonds. The lowest BCUT2D eigenvalue weighted by Crippen LogP contribution is -2.33. The van der Waals surface area contributed by atoms with Gasteiger partial charge in [0.2, 0.25) is 0 Å². The highest BCUT2D eigenvalue weighted by Gasteiger charge is 2.28. The third-order valence-electron chi connectivity index (χ3n) is 2.56. The third-order valence-corrected chi connectivity index (χ3v) is 4.10. The number of allylic oxidation sites excluding steroid dienone is 1. The minimum absolute atomic E-state index is 0.522. The maximum atomic E-state index is 3.72. The van der Waals surface area contributed by atoms with Crippen LogP contribution in [0.2, 0.25) is 0 Å². The highest BCUT2D eigenvalue weighted by Crippen LogP contribution is 2.36. The molecule has 1 aliphatic rings. The predicted octanol–water partition coefficient (Wildman–Crippen LogP) is 2.83. The Morgan fingerprint density at radius 3 is 3.08 bits per heavy atom. The van der Waals surface area contributed by atoms with Gasteiger partial charge in [-0.3, -0.25) is 0 Å². The molecule has 1 nitrogen and oxygen atoms in total. The van der Waals surface area contributed by atoms with E-state index < -0.39 is 0 Å². The summed E-state index contributed by atoms with van der Waals surface area (Å²) in [5.74, 6) is 1.35. The van der Waals surface area contributed by atoms with Crippen molar-refractivity contribution >= 4 is 11.8 Å². The summed E-state index contributed by atoms with van der Waals surface area (Å²) < 4.78 is 0.522. The lowest BCUT2D eigenvalue weighted by atomic mass is 10.1. The third kappa shape index (κ3) is 4.19. The zero-order chi connectivity index (χ0) is 9.57. The molecule has 1 aliphatic heterocycles. The number of thioether (sulfide) groups is 1. The first-order chi connectivity index (χ1) is 6.27. The molecule has 0 aromatic heterocycles. The van der Waals surface area contributed by atoms with E-state index >= 15 is 0 Å². The molecule has 0 aliphatic carbocycles. The molecule has 0 saturated carbocycles. The quantitative estimate of drug-likeness (QED) is 0.521. The van der Waals surface area contributed by atoms with Crippen molar-refractivity contribution in [3.8, 4) is 0 Å². The molecule has 0 aromatic rings. The zero-order valence-electron chi connectivity index (χ0n) is 8.64. The van der Waals surface area contributed by atoms with E-state index in [4.69, 9.17) is 0 Å². The second-order valence-corrected chi connectivity index (χ2v) is 5.69. The molecule has 1 rings (SSSR count). The molecule has 0 aromatic carbocycles. The summed E-state index contributed by atoms with van der Waals surface area (Å²) in [7, 11) is 0. The Morgan fingerprint density at radius 2 is 2.46 bits per heavy atom. The molecule has 1 heterocycles. The molecule has 1 unspecified atom stereocenters. The monoisotopic (exact) mass is 199 g/mol. The van der Waals surface area contributed by atoms with Gasteiger partial charge in [-0.05, 0) is 44.9 Å². The lowest BCUT2D eigenvalue weighted by molar-refractivity contribution is 0.531. The average Bonchev–Trinajstić information content (AvgIpc) is 2.53. The van der Waals surface area contributed by atoms with Crippen LogP contribution >= 0.6 is 11.8 Å². The fourth-order valence-electron chi connectivity index (χ4n) is 1.70. The van der Waals surface area contributed by atoms with Crippen LogP contribution in [0.15, 0.2) is 12.7 Å². The molecule has 1 N–H and O–H groups in total. The van der Waals surface area contributed by atoms with E-state index in [1.54, 1.807) is 0 Å². The van der Waals surface area contributed by atoms with E-state index in [2.05, 4.69) is 30.6 Å². The van der Waals surface area contributed by atoms with Gasteiger partial charge in [-0.15, -0.1) is 6.58 Å². The summed E-state index contributed by atoms with van der Waals surface area (Å²) in [5, 5.41) is 3.53. The molecule has 1 atom stereocenters. The number of hydrogen-bond donors (Lipinski definition) is 1. The van der Waals surface area contributed by atoms with Crippen LogP contribution in [0.1, 0.15) is 32.6 Å². The fourth-order valence-corrected chi connectivity index (χ4v) is 2.97. The maximum absolute atomic E-state index is 3.72. The SMILES string of the molecule is C=CCCCNCC1(C)CCCS1. The summed E-state index contributed by atoms with van der Waals surface area (Å²) >= 11 is 2.13. The highest BCUT2D eigenvalue weighted by atomic mass is 32.2. The number of nitrogens with one attached hydrogen (secondary N) is 1. The molecule has 1 fully saturated rings. The standard InChI is InChI=1S/C11H21NS/c1-3-4-5-8-12-10-11(2)7-6-9-13-11/h3,12H,1,4-10H2,2H3. The minimum Gasteiger partial charge on any atom is -0.315 e. The van der Waals surface area contributed by atoms with Crippen LogP contribution in [0, 0.1) is 0 Å². The maximum Gasteiger partial charge on any atom is 0.0256 e. The number of unbranched alkanes of at least 4 members (excludes halogenated alkanes) is 1. The molecular formula is C11H21NS. The molecule has 76 valence electrons. The van der Waals surface area contributed by atoms with Crippen LogP contribution < -0.4 is 5.32 Å². The van der Waals surface area contributed by atoms with E-state index in [0.717, 1.165) is 13.0 Å². The Balaban J connectivity index is 2.01. The van der Waals surface area contributed by atoms with E-state index in [9.17, 15) is 0 Å². The van der Waals surface area contributed by atoms with Crippen molar-refractivity contribution in [1.82, 2.24) is 5.32 Å². The second kappa shape index (κ2) is 5.71. The van der Waals surface area contributed by atoms with Crippen LogP contribution in [-0.2, 0) is 0 Å². The van der Waals surface area contributed by atoms with Crippen molar-refractivity contribution in [3.63, 3.8) is 0 Å². The van der Waals surface area contributed by atoms with Crippen LogP contribution in [-0.4, -0.2) is 23.6 Å². The molecule has 0 bridgehead atoms. The molecule has 0 spiro atoms. The van der Waals surface area contributed by atoms with Gasteiger partial charge in [-0.1, -0.05) is 6.08 Å². The van der Waals surface area contributed by atoms with E-state index in [1.807, 2.05) is 6.08 Å². The van der Waals surface area contributed by atoms with Gasteiger partial charge in [-0.25, -0.2) is 0 Å². The van der Waals surface area contributed by atoms with Crippen molar-refractivity contribution in [2.75, 3.05) is 18.8 Å². The highest BCUT2D eigenvalue weighted by molar-refractivity contribution is 8.00. The van der Waals surface area contributed by atoms with Crippen LogP contribution in [0.5, 0.6) is 0 Å². The Hall–Kier alpha value is 0.0500. The molecule has 13 heavy (non-hydrogen) atoms. The Morgan fingerprint density at radius 1 is 1.62 bits per heavy atom. The van der Waals surface area contributed by atoms with E-state index in [-0.39, 0.29) is 0 Å². The number of rotatable bonds is 6. The molecule has 0 radical (unpaired) electrons. The first-order valence-corrected chi connectivity index (χ1v) is 6.21. The first-order valence-electron chi connectivity index (χ1n) is 5.22. The predicted molar refractivity (Wildman–Crippen MR) is 62.4 cm³/mol. The zero-order valence-corrected chi connectivity index (χ0v) is 9.46. The topological polar surface area (TPSA) is 12.0 Å². The van der Waals surface area contributed by atoms with Gasteiger partial charge >= 0.3 is 0 Å². The Labute approximate surface area is 86.4 Å². The number of hydrogen-bond acceptors (Lipinski definition) is 2. The van der Waals surface area contributed by atoms with Crippen LogP contribution in [0.4, 0.5) is 0 Å². The average molecular weight is 199 g/mol. The summed E-state index contributed by atoms with van der Waals surface area (Å²) in [4.78, 5) is 0. The Bertz CT molecular complexity index is 150. The van der Waals surface area contributed by atoms with Gasteiger partial charge in [0.25, 0.3) is 0 Å². The smallest absolute Gasteiger partial charge is 0.0256 e. The summed E-state index contributed by atoms with van der Waals surface area (Å²) in [6, 6.07) is 0. The van der Waals surface area contributed by atoms with Crippen LogP contribution in [0.3, 0.4) is 0 Å². The lowest BCUT2D eigenvalue weighted by Gasteiger charge is -2.22. The van der Waals surface area contributed by atoms with Crippen molar-refractivity contribution < 1.29 is 0 Å². The fraction of sp³-hybridized carbons (Fsp3) is 0.818. The van der Waals surface area contributed by atoms with Crippen molar-refractivity contribution in [2.24, 2.45) is 0 Å². The normalized spacial score (nSPS) is 27.8. The summed E-state index contributed by atoms with van der Waals surface area (Å²) in [5.41, 5.74) is 0. The van der Waals surface area contributed by atoms with Gasteiger partial charge in [0.15, 0.2) is 0 Å². The van der Waals surface area contributed by atoms with Gasteiger partial charge in [0.1, 0.15) is 0 Å². The summed E-state index contributed by atoms with van der Waals surface area (Å²) in [6.45, 7) is 8.41. The minimum atomic E-state index is 0.522. The molecule has 1 saturated heterocycles. The second-order valence-electron chi connectivity index (χ2n) is 4.01. The van der Waals surface area contributed by atoms with Crippen molar-refractivity contribution in [2.45, 2.75) is 37.4 Å². The molecular weight excluding hydrogens is 178 g/mol. The molecule has 2 heteroatoms. The van der Waals surface area contributed by atoms with Gasteiger partial charge in [0, 0.05) is 11.3 Å².